The number of carboxylic acid groups (broad SMARTS) is 1. The SMILES string of the molecule is COC(=O)CCCCC(=O)NC(CC(C)C)C(=O)O. The quantitative estimate of drug-likeness (QED) is 0.488. The second kappa shape index (κ2) is 9.35. The molecule has 1 amide bonds. The summed E-state index contributed by atoms with van der Waals surface area (Å²) in [6, 6.07) is -0.840. The van der Waals surface area contributed by atoms with Gasteiger partial charge in [0.25, 0.3) is 0 Å². The fraction of sp³-hybridized carbons (Fsp3) is 0.769. The van der Waals surface area contributed by atoms with Crippen molar-refractivity contribution in [3.63, 3.8) is 0 Å². The molecule has 2 N–H and O–H groups in total. The van der Waals surface area contributed by atoms with Crippen LogP contribution in [0.5, 0.6) is 0 Å². The maximum Gasteiger partial charge on any atom is 0.326 e. The fourth-order valence-corrected chi connectivity index (χ4v) is 1.62. The highest BCUT2D eigenvalue weighted by atomic mass is 16.5. The van der Waals surface area contributed by atoms with Crippen LogP contribution in [0, 0.1) is 5.92 Å². The predicted molar refractivity (Wildman–Crippen MR) is 69.5 cm³/mol. The van der Waals surface area contributed by atoms with E-state index in [1.165, 1.54) is 7.11 Å². The summed E-state index contributed by atoms with van der Waals surface area (Å²) < 4.78 is 4.48. The number of ether oxygens (including phenoxy) is 1. The zero-order chi connectivity index (χ0) is 14.8. The van der Waals surface area contributed by atoms with Crippen molar-refractivity contribution < 1.29 is 24.2 Å². The smallest absolute Gasteiger partial charge is 0.326 e. The van der Waals surface area contributed by atoms with Gasteiger partial charge in [0, 0.05) is 12.8 Å². The Kier molecular flexibility index (Phi) is 8.57. The van der Waals surface area contributed by atoms with Crippen molar-refractivity contribution in [1.29, 1.82) is 0 Å². The molecular weight excluding hydrogens is 250 g/mol. The molecule has 0 aliphatic carbocycles. The Bertz CT molecular complexity index is 314. The fourth-order valence-electron chi connectivity index (χ4n) is 1.62. The Morgan fingerprint density at radius 3 is 2.21 bits per heavy atom. The third-order valence-electron chi connectivity index (χ3n) is 2.60. The Balaban J connectivity index is 3.93. The number of hydrogen-bond donors (Lipinski definition) is 2. The van der Waals surface area contributed by atoms with Crippen LogP contribution in [-0.2, 0) is 19.1 Å². The van der Waals surface area contributed by atoms with Crippen molar-refractivity contribution in [3.05, 3.63) is 0 Å². The van der Waals surface area contributed by atoms with Crippen LogP contribution >= 0.6 is 0 Å². The first-order chi connectivity index (χ1) is 8.86. The number of carbonyl (C=O) groups excluding carboxylic acids is 2. The van der Waals surface area contributed by atoms with Crippen molar-refractivity contribution in [2.75, 3.05) is 7.11 Å². The highest BCUT2D eigenvalue weighted by Crippen LogP contribution is 2.06. The molecular formula is C13H23NO5. The van der Waals surface area contributed by atoms with E-state index in [1.807, 2.05) is 13.8 Å². The number of hydrogen-bond acceptors (Lipinski definition) is 4. The van der Waals surface area contributed by atoms with Crippen LogP contribution in [0.2, 0.25) is 0 Å². The normalized spacial score (nSPS) is 12.0. The maximum atomic E-state index is 11.6. The Labute approximate surface area is 113 Å². The van der Waals surface area contributed by atoms with Gasteiger partial charge in [-0.1, -0.05) is 13.8 Å². The third kappa shape index (κ3) is 9.04. The molecule has 6 nitrogen and oxygen atoms in total. The minimum absolute atomic E-state index is 0.195. The standard InChI is InChI=1S/C13H23NO5/c1-9(2)8-10(13(17)18)14-11(15)6-4-5-7-12(16)19-3/h9-10H,4-8H2,1-3H3,(H,14,15)(H,17,18). The zero-order valence-electron chi connectivity index (χ0n) is 11.8. The molecule has 0 aromatic heterocycles. The molecule has 0 aromatic carbocycles. The first kappa shape index (κ1) is 17.4. The number of nitrogens with one attached hydrogen (secondary N) is 1. The van der Waals surface area contributed by atoms with Gasteiger partial charge in [-0.3, -0.25) is 9.59 Å². The minimum Gasteiger partial charge on any atom is -0.480 e. The van der Waals surface area contributed by atoms with Gasteiger partial charge in [-0.15, -0.1) is 0 Å². The Hall–Kier alpha value is -1.59. The average Bonchev–Trinajstić information content (AvgIpc) is 2.32. The van der Waals surface area contributed by atoms with E-state index in [4.69, 9.17) is 5.11 Å². The van der Waals surface area contributed by atoms with E-state index in [-0.39, 0.29) is 30.6 Å². The first-order valence-electron chi connectivity index (χ1n) is 6.45. The van der Waals surface area contributed by atoms with Crippen LogP contribution in [0.4, 0.5) is 0 Å². The van der Waals surface area contributed by atoms with Crippen molar-refractivity contribution in [1.82, 2.24) is 5.32 Å². The van der Waals surface area contributed by atoms with Crippen LogP contribution in [0.25, 0.3) is 0 Å². The molecule has 0 aliphatic heterocycles. The topological polar surface area (TPSA) is 92.7 Å². The van der Waals surface area contributed by atoms with Gasteiger partial charge < -0.3 is 15.2 Å². The van der Waals surface area contributed by atoms with Crippen LogP contribution in [0.3, 0.4) is 0 Å². The number of unbranched alkanes of at least 4 members (excludes halogenated alkanes) is 1. The average molecular weight is 273 g/mol. The monoisotopic (exact) mass is 273 g/mol. The highest BCUT2D eigenvalue weighted by Gasteiger charge is 2.20. The summed E-state index contributed by atoms with van der Waals surface area (Å²) in [6.45, 7) is 3.80. The molecule has 0 fully saturated rings. The van der Waals surface area contributed by atoms with Gasteiger partial charge in [0.15, 0.2) is 0 Å². The summed E-state index contributed by atoms with van der Waals surface area (Å²) in [6.07, 6.45) is 2.00. The van der Waals surface area contributed by atoms with E-state index in [9.17, 15) is 14.4 Å². The summed E-state index contributed by atoms with van der Waals surface area (Å²) in [7, 11) is 1.32. The van der Waals surface area contributed by atoms with Crippen LogP contribution in [0.15, 0.2) is 0 Å². The second-order valence-electron chi connectivity index (χ2n) is 4.87. The number of rotatable bonds is 9. The maximum absolute atomic E-state index is 11.6. The predicted octanol–water partition coefficient (Wildman–Crippen LogP) is 1.34. The molecule has 0 saturated carbocycles. The zero-order valence-corrected chi connectivity index (χ0v) is 11.8. The third-order valence-corrected chi connectivity index (χ3v) is 2.60. The van der Waals surface area contributed by atoms with E-state index in [0.717, 1.165) is 0 Å². The van der Waals surface area contributed by atoms with E-state index in [1.54, 1.807) is 0 Å². The van der Waals surface area contributed by atoms with Crippen molar-refractivity contribution >= 4 is 17.8 Å². The summed E-state index contributed by atoms with van der Waals surface area (Å²) in [5.74, 6) is -1.42. The lowest BCUT2D eigenvalue weighted by molar-refractivity contribution is -0.142. The molecule has 110 valence electrons. The molecule has 0 aromatic rings. The van der Waals surface area contributed by atoms with Crippen LogP contribution in [0.1, 0.15) is 46.0 Å². The van der Waals surface area contributed by atoms with Gasteiger partial charge in [0.1, 0.15) is 6.04 Å². The summed E-state index contributed by atoms with van der Waals surface area (Å²) in [5.41, 5.74) is 0. The van der Waals surface area contributed by atoms with Crippen LogP contribution < -0.4 is 5.32 Å². The van der Waals surface area contributed by atoms with Gasteiger partial charge >= 0.3 is 11.9 Å². The number of carbonyl (C=O) groups is 3. The van der Waals surface area contributed by atoms with E-state index in [0.29, 0.717) is 19.3 Å². The van der Waals surface area contributed by atoms with Gasteiger partial charge in [0.2, 0.25) is 5.91 Å². The molecule has 0 spiro atoms. The van der Waals surface area contributed by atoms with Gasteiger partial charge in [-0.25, -0.2) is 4.79 Å². The van der Waals surface area contributed by atoms with Crippen LogP contribution in [-0.4, -0.2) is 36.1 Å². The molecule has 0 bridgehead atoms. The lowest BCUT2D eigenvalue weighted by Crippen LogP contribution is -2.41. The molecule has 1 unspecified atom stereocenters. The Morgan fingerprint density at radius 2 is 1.74 bits per heavy atom. The first-order valence-corrected chi connectivity index (χ1v) is 6.45. The number of carboxylic acids is 1. The minimum atomic E-state index is -1.02. The molecule has 19 heavy (non-hydrogen) atoms. The number of esters is 1. The molecule has 0 heterocycles. The highest BCUT2D eigenvalue weighted by molar-refractivity contribution is 5.83. The molecule has 0 saturated heterocycles. The molecule has 0 rings (SSSR count). The largest absolute Gasteiger partial charge is 0.480 e. The second-order valence-corrected chi connectivity index (χ2v) is 4.87. The van der Waals surface area contributed by atoms with Gasteiger partial charge in [-0.2, -0.15) is 0 Å². The number of aliphatic carboxylic acids is 1. The van der Waals surface area contributed by atoms with Gasteiger partial charge in [-0.05, 0) is 25.2 Å². The summed E-state index contributed by atoms with van der Waals surface area (Å²) in [5, 5.41) is 11.5. The molecule has 1 atom stereocenters. The van der Waals surface area contributed by atoms with E-state index >= 15 is 0 Å². The van der Waals surface area contributed by atoms with Crippen molar-refractivity contribution in [2.45, 2.75) is 52.0 Å². The van der Waals surface area contributed by atoms with Crippen molar-refractivity contribution in [3.8, 4) is 0 Å². The lowest BCUT2D eigenvalue weighted by Gasteiger charge is -2.16. The van der Waals surface area contributed by atoms with E-state index in [2.05, 4.69) is 10.1 Å². The summed E-state index contributed by atoms with van der Waals surface area (Å²) >= 11 is 0. The number of methoxy groups -OCH3 is 1. The summed E-state index contributed by atoms with van der Waals surface area (Å²) in [4.78, 5) is 33.4. The lowest BCUT2D eigenvalue weighted by atomic mass is 10.0. The van der Waals surface area contributed by atoms with E-state index < -0.39 is 12.0 Å². The Morgan fingerprint density at radius 1 is 1.16 bits per heavy atom. The molecule has 0 radical (unpaired) electrons. The van der Waals surface area contributed by atoms with Crippen molar-refractivity contribution in [2.24, 2.45) is 5.92 Å². The molecule has 0 aliphatic rings. The van der Waals surface area contributed by atoms with Gasteiger partial charge in [0.05, 0.1) is 7.11 Å². The number of amides is 1. The molecule has 6 heteroatoms.